The minimum atomic E-state index is -0.339. The molecule has 4 nitrogen and oxygen atoms in total. The zero-order valence-electron chi connectivity index (χ0n) is 12.3. The molecular formula is C16H23NO3. The standard InChI is InChI=1S/C16H23NO3/c1-12(10-16(19)20-3)15-6-4-14(5-7-15)11-13(2)17-8-9-18/h4-7,10,13,17-18H,8-9,11H2,1-3H3. The quantitative estimate of drug-likeness (QED) is 0.589. The third-order valence-corrected chi connectivity index (χ3v) is 3.09. The maximum absolute atomic E-state index is 11.2. The first-order valence-corrected chi connectivity index (χ1v) is 6.76. The zero-order valence-corrected chi connectivity index (χ0v) is 12.3. The number of hydrogen-bond acceptors (Lipinski definition) is 4. The fourth-order valence-corrected chi connectivity index (χ4v) is 1.96. The summed E-state index contributed by atoms with van der Waals surface area (Å²) in [6, 6.07) is 8.44. The van der Waals surface area contributed by atoms with E-state index in [1.165, 1.54) is 18.7 Å². The molecular weight excluding hydrogens is 254 g/mol. The van der Waals surface area contributed by atoms with E-state index in [-0.39, 0.29) is 12.6 Å². The highest BCUT2D eigenvalue weighted by molar-refractivity contribution is 5.90. The molecule has 0 aliphatic carbocycles. The first kappa shape index (κ1) is 16.4. The Balaban J connectivity index is 2.64. The van der Waals surface area contributed by atoms with Crippen LogP contribution >= 0.6 is 0 Å². The van der Waals surface area contributed by atoms with Crippen LogP contribution in [-0.4, -0.2) is 37.4 Å². The fraction of sp³-hybridized carbons (Fsp3) is 0.438. The average Bonchev–Trinajstić information content (AvgIpc) is 2.45. The van der Waals surface area contributed by atoms with Crippen molar-refractivity contribution in [2.75, 3.05) is 20.3 Å². The zero-order chi connectivity index (χ0) is 15.0. The summed E-state index contributed by atoms with van der Waals surface area (Å²) < 4.78 is 4.61. The van der Waals surface area contributed by atoms with Gasteiger partial charge in [-0.1, -0.05) is 24.3 Å². The molecule has 4 heteroatoms. The number of carbonyl (C=O) groups is 1. The molecule has 2 N–H and O–H groups in total. The summed E-state index contributed by atoms with van der Waals surface area (Å²) in [7, 11) is 1.37. The molecule has 0 fully saturated rings. The molecule has 0 saturated heterocycles. The summed E-state index contributed by atoms with van der Waals surface area (Å²) in [5.41, 5.74) is 3.11. The van der Waals surface area contributed by atoms with E-state index >= 15 is 0 Å². The highest BCUT2D eigenvalue weighted by atomic mass is 16.5. The lowest BCUT2D eigenvalue weighted by atomic mass is 10.0. The molecule has 0 spiro atoms. The summed E-state index contributed by atoms with van der Waals surface area (Å²) >= 11 is 0. The van der Waals surface area contributed by atoms with Crippen LogP contribution < -0.4 is 5.32 Å². The number of rotatable bonds is 7. The highest BCUT2D eigenvalue weighted by Crippen LogP contribution is 2.15. The van der Waals surface area contributed by atoms with Crippen LogP contribution in [0.5, 0.6) is 0 Å². The number of esters is 1. The molecule has 1 atom stereocenters. The molecule has 0 amide bonds. The molecule has 1 unspecified atom stereocenters. The van der Waals surface area contributed by atoms with Crippen molar-refractivity contribution in [2.24, 2.45) is 0 Å². The first-order chi connectivity index (χ1) is 9.56. The highest BCUT2D eigenvalue weighted by Gasteiger charge is 2.04. The van der Waals surface area contributed by atoms with Crippen LogP contribution in [0.2, 0.25) is 0 Å². The van der Waals surface area contributed by atoms with Crippen molar-refractivity contribution in [1.82, 2.24) is 5.32 Å². The van der Waals surface area contributed by atoms with Gasteiger partial charge in [0.05, 0.1) is 13.7 Å². The molecule has 110 valence electrons. The lowest BCUT2D eigenvalue weighted by Gasteiger charge is -2.13. The monoisotopic (exact) mass is 277 g/mol. The Kier molecular flexibility index (Phi) is 6.98. The Morgan fingerprint density at radius 2 is 2.05 bits per heavy atom. The number of carbonyl (C=O) groups excluding carboxylic acids is 1. The molecule has 1 rings (SSSR count). The Labute approximate surface area is 120 Å². The number of nitrogens with one attached hydrogen (secondary N) is 1. The van der Waals surface area contributed by atoms with Crippen LogP contribution in [0.15, 0.2) is 30.3 Å². The molecule has 0 heterocycles. The van der Waals surface area contributed by atoms with Gasteiger partial charge in [-0.15, -0.1) is 0 Å². The van der Waals surface area contributed by atoms with Crippen LogP contribution in [0.3, 0.4) is 0 Å². The molecule has 0 aromatic heterocycles. The minimum absolute atomic E-state index is 0.154. The number of allylic oxidation sites excluding steroid dienone is 1. The van der Waals surface area contributed by atoms with Gasteiger partial charge in [-0.05, 0) is 37.0 Å². The maximum Gasteiger partial charge on any atom is 0.330 e. The van der Waals surface area contributed by atoms with E-state index in [1.807, 2.05) is 19.1 Å². The molecule has 0 aliphatic heterocycles. The largest absolute Gasteiger partial charge is 0.466 e. The second-order valence-electron chi connectivity index (χ2n) is 4.83. The van der Waals surface area contributed by atoms with Gasteiger partial charge in [0.1, 0.15) is 0 Å². The summed E-state index contributed by atoms with van der Waals surface area (Å²) in [4.78, 5) is 11.2. The van der Waals surface area contributed by atoms with E-state index in [0.717, 1.165) is 17.6 Å². The van der Waals surface area contributed by atoms with Crippen molar-refractivity contribution >= 4 is 11.5 Å². The molecule has 1 aromatic rings. The summed E-state index contributed by atoms with van der Waals surface area (Å²) in [5.74, 6) is -0.339. The van der Waals surface area contributed by atoms with Crippen molar-refractivity contribution in [3.63, 3.8) is 0 Å². The lowest BCUT2D eigenvalue weighted by molar-refractivity contribution is -0.134. The predicted octanol–water partition coefficient (Wildman–Crippen LogP) is 1.78. The second-order valence-corrected chi connectivity index (χ2v) is 4.83. The Morgan fingerprint density at radius 3 is 2.60 bits per heavy atom. The first-order valence-electron chi connectivity index (χ1n) is 6.76. The van der Waals surface area contributed by atoms with Crippen molar-refractivity contribution in [1.29, 1.82) is 0 Å². The van der Waals surface area contributed by atoms with Gasteiger partial charge in [-0.2, -0.15) is 0 Å². The Morgan fingerprint density at radius 1 is 1.40 bits per heavy atom. The van der Waals surface area contributed by atoms with Gasteiger partial charge in [0, 0.05) is 18.7 Å². The van der Waals surface area contributed by atoms with E-state index in [4.69, 9.17) is 5.11 Å². The average molecular weight is 277 g/mol. The van der Waals surface area contributed by atoms with Crippen LogP contribution in [0.1, 0.15) is 25.0 Å². The van der Waals surface area contributed by atoms with E-state index in [2.05, 4.69) is 29.1 Å². The van der Waals surface area contributed by atoms with Crippen molar-refractivity contribution in [2.45, 2.75) is 26.3 Å². The molecule has 0 radical (unpaired) electrons. The summed E-state index contributed by atoms with van der Waals surface area (Å²) in [6.07, 6.45) is 2.39. The van der Waals surface area contributed by atoms with Crippen LogP contribution in [-0.2, 0) is 16.0 Å². The van der Waals surface area contributed by atoms with Gasteiger partial charge in [0.2, 0.25) is 0 Å². The molecule has 0 saturated carbocycles. The SMILES string of the molecule is COC(=O)C=C(C)c1ccc(CC(C)NCCO)cc1. The van der Waals surface area contributed by atoms with E-state index in [0.29, 0.717) is 12.6 Å². The molecule has 20 heavy (non-hydrogen) atoms. The van der Waals surface area contributed by atoms with E-state index in [9.17, 15) is 4.79 Å². The van der Waals surface area contributed by atoms with E-state index in [1.54, 1.807) is 0 Å². The molecule has 0 bridgehead atoms. The van der Waals surface area contributed by atoms with Gasteiger partial charge >= 0.3 is 5.97 Å². The maximum atomic E-state index is 11.2. The van der Waals surface area contributed by atoms with Crippen LogP contribution in [0.25, 0.3) is 5.57 Å². The number of methoxy groups -OCH3 is 1. The number of aliphatic hydroxyl groups is 1. The lowest BCUT2D eigenvalue weighted by Crippen LogP contribution is -2.30. The van der Waals surface area contributed by atoms with Gasteiger partial charge < -0.3 is 15.2 Å². The topological polar surface area (TPSA) is 58.6 Å². The van der Waals surface area contributed by atoms with Crippen molar-refractivity contribution in [3.05, 3.63) is 41.5 Å². The fourth-order valence-electron chi connectivity index (χ4n) is 1.96. The van der Waals surface area contributed by atoms with Gasteiger partial charge in [0.15, 0.2) is 0 Å². The second kappa shape index (κ2) is 8.51. The van der Waals surface area contributed by atoms with Crippen molar-refractivity contribution < 1.29 is 14.6 Å². The molecule has 0 aliphatic rings. The van der Waals surface area contributed by atoms with Crippen molar-refractivity contribution in [3.8, 4) is 0 Å². The smallest absolute Gasteiger partial charge is 0.330 e. The van der Waals surface area contributed by atoms with Gasteiger partial charge in [-0.25, -0.2) is 4.79 Å². The normalized spacial score (nSPS) is 13.1. The van der Waals surface area contributed by atoms with Crippen LogP contribution in [0.4, 0.5) is 0 Å². The summed E-state index contributed by atoms with van der Waals surface area (Å²) in [6.45, 7) is 4.74. The minimum Gasteiger partial charge on any atom is -0.466 e. The van der Waals surface area contributed by atoms with Gasteiger partial charge in [0.25, 0.3) is 0 Å². The number of hydrogen-bond donors (Lipinski definition) is 2. The summed E-state index contributed by atoms with van der Waals surface area (Å²) in [5, 5.41) is 12.0. The van der Waals surface area contributed by atoms with E-state index < -0.39 is 0 Å². The Bertz CT molecular complexity index is 451. The third-order valence-electron chi connectivity index (χ3n) is 3.09. The number of aliphatic hydroxyl groups excluding tert-OH is 1. The number of ether oxygens (including phenoxy) is 1. The van der Waals surface area contributed by atoms with Gasteiger partial charge in [-0.3, -0.25) is 0 Å². The Hall–Kier alpha value is -1.65. The van der Waals surface area contributed by atoms with Crippen LogP contribution in [0, 0.1) is 0 Å². The number of benzene rings is 1. The third kappa shape index (κ3) is 5.55. The predicted molar refractivity (Wildman–Crippen MR) is 80.4 cm³/mol. The molecule has 1 aromatic carbocycles.